The lowest BCUT2D eigenvalue weighted by Gasteiger charge is -2.40. The van der Waals surface area contributed by atoms with Gasteiger partial charge < -0.3 is 10.2 Å². The van der Waals surface area contributed by atoms with Crippen LogP contribution in [0.1, 0.15) is 47.9 Å². The summed E-state index contributed by atoms with van der Waals surface area (Å²) in [5.74, 6) is 0.0232. The van der Waals surface area contributed by atoms with Gasteiger partial charge in [-0.25, -0.2) is 9.78 Å². The van der Waals surface area contributed by atoms with E-state index in [9.17, 15) is 14.4 Å². The largest absolute Gasteiger partial charge is 0.342 e. The minimum absolute atomic E-state index is 0.0246. The number of piperidine rings is 1. The van der Waals surface area contributed by atoms with E-state index < -0.39 is 5.54 Å². The second-order valence-corrected chi connectivity index (χ2v) is 10.0. The minimum Gasteiger partial charge on any atom is -0.342 e. The molecule has 2 aliphatic rings. The summed E-state index contributed by atoms with van der Waals surface area (Å²) in [5, 5.41) is 3.04. The number of carbonyl (C=O) groups excluding carboxylic acids is 3. The number of aryl methyl sites for hydroxylation is 2. The van der Waals surface area contributed by atoms with Gasteiger partial charge in [0.2, 0.25) is 5.91 Å². The van der Waals surface area contributed by atoms with Crippen LogP contribution >= 0.6 is 11.3 Å². The van der Waals surface area contributed by atoms with Crippen molar-refractivity contribution in [2.45, 2.75) is 58.4 Å². The summed E-state index contributed by atoms with van der Waals surface area (Å²) in [7, 11) is 0. The van der Waals surface area contributed by atoms with Gasteiger partial charge in [-0.15, -0.1) is 11.3 Å². The number of aromatic nitrogens is 1. The maximum Gasteiger partial charge on any atom is 0.325 e. The Balaban J connectivity index is 1.38. The minimum atomic E-state index is -0.870. The number of likely N-dealkylation sites (tertiary alicyclic amines) is 1. The fraction of sp³-hybridized carbons (Fsp3) is 0.520. The van der Waals surface area contributed by atoms with Crippen molar-refractivity contribution in [3.8, 4) is 0 Å². The van der Waals surface area contributed by atoms with Crippen molar-refractivity contribution < 1.29 is 14.4 Å². The van der Waals surface area contributed by atoms with Crippen LogP contribution < -0.4 is 5.32 Å². The summed E-state index contributed by atoms with van der Waals surface area (Å²) in [6.07, 6.45) is 3.00. The zero-order valence-electron chi connectivity index (χ0n) is 19.6. The highest BCUT2D eigenvalue weighted by Gasteiger charge is 2.54. The van der Waals surface area contributed by atoms with Crippen LogP contribution in [0.3, 0.4) is 0 Å². The van der Waals surface area contributed by atoms with Crippen LogP contribution in [0.15, 0.2) is 29.8 Å². The van der Waals surface area contributed by atoms with E-state index >= 15 is 0 Å². The summed E-state index contributed by atoms with van der Waals surface area (Å²) in [6, 6.07) is 7.66. The summed E-state index contributed by atoms with van der Waals surface area (Å²) in [4.78, 5) is 47.7. The molecule has 2 fully saturated rings. The van der Waals surface area contributed by atoms with E-state index in [-0.39, 0.29) is 23.8 Å². The number of hydrogen-bond donors (Lipinski definition) is 1. The van der Waals surface area contributed by atoms with Gasteiger partial charge in [-0.3, -0.25) is 14.5 Å². The van der Waals surface area contributed by atoms with E-state index in [1.807, 2.05) is 49.9 Å². The Bertz CT molecular complexity index is 1040. The predicted octanol–water partition coefficient (Wildman–Crippen LogP) is 3.48. The van der Waals surface area contributed by atoms with Gasteiger partial charge in [-0.2, -0.15) is 0 Å². The summed E-state index contributed by atoms with van der Waals surface area (Å²) in [5.41, 5.74) is 4.06. The number of benzene rings is 1. The Hall–Kier alpha value is -2.74. The molecule has 4 rings (SSSR count). The van der Waals surface area contributed by atoms with E-state index in [0.717, 1.165) is 21.7 Å². The number of imide groups is 1. The molecule has 8 heteroatoms. The number of urea groups is 1. The van der Waals surface area contributed by atoms with Gasteiger partial charge in [-0.1, -0.05) is 31.2 Å². The highest BCUT2D eigenvalue weighted by molar-refractivity contribution is 7.09. The van der Waals surface area contributed by atoms with Gasteiger partial charge >= 0.3 is 6.03 Å². The third-order valence-electron chi connectivity index (χ3n) is 7.31. The molecule has 1 N–H and O–H groups in total. The molecule has 33 heavy (non-hydrogen) atoms. The Morgan fingerprint density at radius 1 is 1.21 bits per heavy atom. The van der Waals surface area contributed by atoms with Gasteiger partial charge in [0.1, 0.15) is 5.54 Å². The molecule has 4 amide bonds. The summed E-state index contributed by atoms with van der Waals surface area (Å²) >= 11 is 1.56. The lowest BCUT2D eigenvalue weighted by Crippen LogP contribution is -2.56. The zero-order valence-corrected chi connectivity index (χ0v) is 20.4. The van der Waals surface area contributed by atoms with Crippen molar-refractivity contribution in [1.82, 2.24) is 20.1 Å². The van der Waals surface area contributed by atoms with E-state index in [1.54, 1.807) is 16.8 Å². The molecule has 7 nitrogen and oxygen atoms in total. The van der Waals surface area contributed by atoms with Crippen LogP contribution in [0.5, 0.6) is 0 Å². The van der Waals surface area contributed by atoms with Crippen LogP contribution in [0.4, 0.5) is 4.79 Å². The Morgan fingerprint density at radius 3 is 2.58 bits per heavy atom. The lowest BCUT2D eigenvalue weighted by atomic mass is 9.75. The van der Waals surface area contributed by atoms with Crippen molar-refractivity contribution in [2.75, 3.05) is 19.6 Å². The zero-order chi connectivity index (χ0) is 23.6. The monoisotopic (exact) mass is 468 g/mol. The molecular weight excluding hydrogens is 436 g/mol. The molecule has 0 bridgehead atoms. The predicted molar refractivity (Wildman–Crippen MR) is 128 cm³/mol. The van der Waals surface area contributed by atoms with Gasteiger partial charge in [0.05, 0.1) is 17.6 Å². The SMILES string of the molecule is CCC1(C2CCN(C(=O)Cc3ccccc3C)CC2)NC(=O)N(CCc2scnc2C)C1=O. The highest BCUT2D eigenvalue weighted by atomic mass is 32.1. The lowest BCUT2D eigenvalue weighted by molar-refractivity contribution is -0.135. The molecule has 1 atom stereocenters. The average molecular weight is 469 g/mol. The molecule has 1 aromatic heterocycles. The molecule has 0 spiro atoms. The number of amides is 4. The number of thiazole rings is 1. The van der Waals surface area contributed by atoms with Crippen molar-refractivity contribution in [2.24, 2.45) is 5.92 Å². The first-order valence-electron chi connectivity index (χ1n) is 11.7. The normalized spacial score (nSPS) is 21.5. The molecule has 0 aliphatic carbocycles. The Morgan fingerprint density at radius 2 is 1.94 bits per heavy atom. The van der Waals surface area contributed by atoms with Crippen molar-refractivity contribution in [3.63, 3.8) is 0 Å². The van der Waals surface area contributed by atoms with Gasteiger partial charge in [-0.05, 0) is 50.2 Å². The first-order chi connectivity index (χ1) is 15.9. The topological polar surface area (TPSA) is 82.6 Å². The number of hydrogen-bond acceptors (Lipinski definition) is 5. The second kappa shape index (κ2) is 9.63. The van der Waals surface area contributed by atoms with E-state index in [0.29, 0.717) is 51.7 Å². The van der Waals surface area contributed by atoms with Crippen LogP contribution in [0.25, 0.3) is 0 Å². The molecule has 3 heterocycles. The first kappa shape index (κ1) is 23.4. The molecule has 2 aromatic rings. The van der Waals surface area contributed by atoms with Crippen LogP contribution in [0.2, 0.25) is 0 Å². The van der Waals surface area contributed by atoms with Crippen molar-refractivity contribution >= 4 is 29.2 Å². The maximum absolute atomic E-state index is 13.5. The first-order valence-corrected chi connectivity index (χ1v) is 12.6. The van der Waals surface area contributed by atoms with Crippen LogP contribution in [-0.4, -0.2) is 57.8 Å². The third kappa shape index (κ3) is 4.53. The molecular formula is C25H32N4O3S. The smallest absolute Gasteiger partial charge is 0.325 e. The third-order valence-corrected chi connectivity index (χ3v) is 8.31. The average Bonchev–Trinajstić information content (AvgIpc) is 3.34. The molecule has 2 saturated heterocycles. The van der Waals surface area contributed by atoms with Crippen molar-refractivity contribution in [1.29, 1.82) is 0 Å². The molecule has 1 aromatic carbocycles. The molecule has 2 aliphatic heterocycles. The van der Waals surface area contributed by atoms with Gasteiger partial charge in [0, 0.05) is 30.9 Å². The van der Waals surface area contributed by atoms with E-state index in [4.69, 9.17) is 0 Å². The molecule has 1 unspecified atom stereocenters. The number of nitrogens with one attached hydrogen (secondary N) is 1. The van der Waals surface area contributed by atoms with Crippen LogP contribution in [-0.2, 0) is 22.4 Å². The molecule has 0 radical (unpaired) electrons. The van der Waals surface area contributed by atoms with Gasteiger partial charge in [0.25, 0.3) is 5.91 Å². The summed E-state index contributed by atoms with van der Waals surface area (Å²) < 4.78 is 0. The molecule has 176 valence electrons. The van der Waals surface area contributed by atoms with Crippen LogP contribution in [0, 0.1) is 19.8 Å². The number of nitrogens with zero attached hydrogens (tertiary/aromatic N) is 3. The Labute approximate surface area is 199 Å². The molecule has 0 saturated carbocycles. The standard InChI is InChI=1S/C25H32N4O3S/c1-4-25(23(31)29(24(32)27-25)14-11-21-18(3)26-16-33-21)20-9-12-28(13-10-20)22(30)15-19-8-6-5-7-17(19)2/h5-8,16,20H,4,9-15H2,1-3H3,(H,27,32). The van der Waals surface area contributed by atoms with Crippen molar-refractivity contribution in [3.05, 3.63) is 51.5 Å². The Kier molecular flexibility index (Phi) is 6.83. The highest BCUT2D eigenvalue weighted by Crippen LogP contribution is 2.36. The number of rotatable bonds is 7. The summed E-state index contributed by atoms with van der Waals surface area (Å²) in [6.45, 7) is 7.52. The van der Waals surface area contributed by atoms with E-state index in [2.05, 4.69) is 10.3 Å². The maximum atomic E-state index is 13.5. The quantitative estimate of drug-likeness (QED) is 0.631. The fourth-order valence-corrected chi connectivity index (χ4v) is 5.91. The second-order valence-electron chi connectivity index (χ2n) is 9.08. The van der Waals surface area contributed by atoms with Gasteiger partial charge in [0.15, 0.2) is 0 Å². The number of carbonyl (C=O) groups is 3. The van der Waals surface area contributed by atoms with E-state index in [1.165, 1.54) is 4.90 Å². The fourth-order valence-electron chi connectivity index (χ4n) is 5.14.